The number of benzene rings is 1. The maximum Gasteiger partial charge on any atom is 0.280 e. The number of para-hydroxylation sites is 1. The van der Waals surface area contributed by atoms with Crippen LogP contribution in [0.3, 0.4) is 0 Å². The average Bonchev–Trinajstić information content (AvgIpc) is 3.29. The number of thiazole rings is 1. The molecule has 0 aliphatic heterocycles. The molecule has 1 aromatic carbocycles. The van der Waals surface area contributed by atoms with Crippen LogP contribution in [0.1, 0.15) is 37.3 Å². The Labute approximate surface area is 169 Å². The van der Waals surface area contributed by atoms with Crippen molar-refractivity contribution in [2.75, 3.05) is 38.7 Å². The zero-order valence-electron chi connectivity index (χ0n) is 17.0. The number of likely N-dealkylation sites (N-methyl/N-ethyl adjacent to an activating group) is 1. The van der Waals surface area contributed by atoms with Crippen LogP contribution in [-0.2, 0) is 0 Å². The SMILES string of the molecule is CCOc1cccc2sc(N(CCN(C)C)C(=O)c3ccn(C(C)C)n3)nc12. The summed E-state index contributed by atoms with van der Waals surface area (Å²) in [4.78, 5) is 21.8. The molecule has 0 saturated carbocycles. The van der Waals surface area contributed by atoms with E-state index in [-0.39, 0.29) is 11.9 Å². The topological polar surface area (TPSA) is 63.5 Å². The third-order valence-corrected chi connectivity index (χ3v) is 5.32. The number of amides is 1. The van der Waals surface area contributed by atoms with Gasteiger partial charge in [0.1, 0.15) is 11.3 Å². The van der Waals surface area contributed by atoms with Gasteiger partial charge in [-0.05, 0) is 53.1 Å². The number of anilines is 1. The quantitative estimate of drug-likeness (QED) is 0.576. The molecule has 1 amide bonds. The van der Waals surface area contributed by atoms with E-state index in [1.165, 1.54) is 11.3 Å². The summed E-state index contributed by atoms with van der Waals surface area (Å²) in [6.45, 7) is 7.85. The fourth-order valence-corrected chi connectivity index (χ4v) is 3.77. The number of rotatable bonds is 8. The van der Waals surface area contributed by atoms with Gasteiger partial charge in [-0.3, -0.25) is 14.4 Å². The van der Waals surface area contributed by atoms with Crippen molar-refractivity contribution in [2.45, 2.75) is 26.8 Å². The first kappa shape index (κ1) is 20.3. The summed E-state index contributed by atoms with van der Waals surface area (Å²) in [6.07, 6.45) is 1.84. The van der Waals surface area contributed by atoms with Gasteiger partial charge < -0.3 is 9.64 Å². The van der Waals surface area contributed by atoms with E-state index in [1.807, 2.05) is 64.2 Å². The molecule has 0 N–H and O–H groups in total. The highest BCUT2D eigenvalue weighted by molar-refractivity contribution is 7.22. The molecule has 0 spiro atoms. The normalized spacial score (nSPS) is 11.5. The first-order valence-corrected chi connectivity index (χ1v) is 10.3. The molecule has 2 heterocycles. The summed E-state index contributed by atoms with van der Waals surface area (Å²) in [5.74, 6) is 0.602. The number of aromatic nitrogens is 3. The van der Waals surface area contributed by atoms with Gasteiger partial charge in [0.2, 0.25) is 0 Å². The number of hydrogen-bond donors (Lipinski definition) is 0. The molecule has 3 aromatic rings. The van der Waals surface area contributed by atoms with E-state index in [9.17, 15) is 4.79 Å². The highest BCUT2D eigenvalue weighted by Crippen LogP contribution is 2.34. The Balaban J connectivity index is 1.98. The fourth-order valence-electron chi connectivity index (χ4n) is 2.76. The first-order chi connectivity index (χ1) is 13.4. The second-order valence-electron chi connectivity index (χ2n) is 7.07. The molecule has 3 rings (SSSR count). The zero-order chi connectivity index (χ0) is 20.3. The van der Waals surface area contributed by atoms with Crippen LogP contribution in [0.2, 0.25) is 0 Å². The van der Waals surface area contributed by atoms with Crippen molar-refractivity contribution in [3.63, 3.8) is 0 Å². The Bertz CT molecular complexity index is 947. The lowest BCUT2D eigenvalue weighted by Gasteiger charge is -2.21. The van der Waals surface area contributed by atoms with Crippen LogP contribution >= 0.6 is 11.3 Å². The molecule has 0 aliphatic carbocycles. The van der Waals surface area contributed by atoms with Gasteiger partial charge in [0.25, 0.3) is 5.91 Å². The lowest BCUT2D eigenvalue weighted by atomic mass is 10.3. The van der Waals surface area contributed by atoms with E-state index < -0.39 is 0 Å². The van der Waals surface area contributed by atoms with Crippen LogP contribution in [-0.4, -0.2) is 59.4 Å². The number of hydrogen-bond acceptors (Lipinski definition) is 6. The maximum absolute atomic E-state index is 13.2. The van der Waals surface area contributed by atoms with Crippen LogP contribution in [0.15, 0.2) is 30.5 Å². The molecule has 0 bridgehead atoms. The van der Waals surface area contributed by atoms with E-state index >= 15 is 0 Å². The number of fused-ring (bicyclic) bond motifs is 1. The third kappa shape index (κ3) is 4.34. The summed E-state index contributed by atoms with van der Waals surface area (Å²) in [7, 11) is 3.98. The number of carbonyl (C=O) groups excluding carboxylic acids is 1. The van der Waals surface area contributed by atoms with Crippen LogP contribution in [0, 0.1) is 0 Å². The molecule has 0 atom stereocenters. The van der Waals surface area contributed by atoms with Gasteiger partial charge >= 0.3 is 0 Å². The molecule has 0 aliphatic rings. The summed E-state index contributed by atoms with van der Waals surface area (Å²) in [5, 5.41) is 5.11. The van der Waals surface area contributed by atoms with Crippen LogP contribution in [0.5, 0.6) is 5.75 Å². The number of nitrogens with zero attached hydrogens (tertiary/aromatic N) is 5. The average molecular weight is 402 g/mol. The van der Waals surface area contributed by atoms with E-state index in [4.69, 9.17) is 9.72 Å². The van der Waals surface area contributed by atoms with Crippen molar-refractivity contribution >= 4 is 32.6 Å². The monoisotopic (exact) mass is 401 g/mol. The van der Waals surface area contributed by atoms with Crippen molar-refractivity contribution in [3.05, 3.63) is 36.2 Å². The summed E-state index contributed by atoms with van der Waals surface area (Å²) in [5.41, 5.74) is 1.22. The Kier molecular flexibility index (Phi) is 6.31. The Morgan fingerprint density at radius 1 is 1.25 bits per heavy atom. The van der Waals surface area contributed by atoms with Gasteiger partial charge in [-0.2, -0.15) is 5.10 Å². The van der Waals surface area contributed by atoms with Crippen molar-refractivity contribution in [3.8, 4) is 5.75 Å². The largest absolute Gasteiger partial charge is 0.492 e. The highest BCUT2D eigenvalue weighted by Gasteiger charge is 2.24. The van der Waals surface area contributed by atoms with Crippen molar-refractivity contribution in [2.24, 2.45) is 0 Å². The third-order valence-electron chi connectivity index (χ3n) is 4.27. The molecule has 0 fully saturated rings. The minimum atomic E-state index is -0.140. The molecular formula is C20H27N5O2S. The Morgan fingerprint density at radius 3 is 2.68 bits per heavy atom. The Hall–Kier alpha value is -2.45. The molecule has 8 heteroatoms. The van der Waals surface area contributed by atoms with Gasteiger partial charge in [-0.1, -0.05) is 17.4 Å². The van der Waals surface area contributed by atoms with Gasteiger partial charge in [-0.25, -0.2) is 4.98 Å². The molecule has 0 unspecified atom stereocenters. The number of carbonyl (C=O) groups is 1. The first-order valence-electron chi connectivity index (χ1n) is 9.44. The van der Waals surface area contributed by atoms with Gasteiger partial charge in [0.05, 0.1) is 11.3 Å². The summed E-state index contributed by atoms with van der Waals surface area (Å²) >= 11 is 1.49. The van der Waals surface area contributed by atoms with E-state index in [1.54, 1.807) is 15.6 Å². The van der Waals surface area contributed by atoms with Crippen molar-refractivity contribution < 1.29 is 9.53 Å². The standard InChI is InChI=1S/C20H27N5O2S/c1-6-27-16-8-7-9-17-18(16)21-20(28-17)24(13-12-23(4)5)19(26)15-10-11-25(22-15)14(2)3/h7-11,14H,6,12-13H2,1-5H3. The van der Waals surface area contributed by atoms with Gasteiger partial charge in [0.15, 0.2) is 10.8 Å². The smallest absolute Gasteiger partial charge is 0.280 e. The fraction of sp³-hybridized carbons (Fsp3) is 0.450. The van der Waals surface area contributed by atoms with Crippen LogP contribution in [0.25, 0.3) is 10.2 Å². The second kappa shape index (κ2) is 8.70. The minimum Gasteiger partial charge on any atom is -0.492 e. The number of ether oxygens (including phenoxy) is 1. The van der Waals surface area contributed by atoms with Crippen molar-refractivity contribution in [1.82, 2.24) is 19.7 Å². The van der Waals surface area contributed by atoms with E-state index in [2.05, 4.69) is 5.10 Å². The molecule has 2 aromatic heterocycles. The summed E-state index contributed by atoms with van der Waals surface area (Å²) in [6, 6.07) is 7.83. The van der Waals surface area contributed by atoms with Gasteiger partial charge in [0, 0.05) is 25.3 Å². The van der Waals surface area contributed by atoms with Gasteiger partial charge in [-0.15, -0.1) is 0 Å². The molecule has 150 valence electrons. The van der Waals surface area contributed by atoms with Crippen molar-refractivity contribution in [1.29, 1.82) is 0 Å². The summed E-state index contributed by atoms with van der Waals surface area (Å²) < 4.78 is 8.49. The molecule has 28 heavy (non-hydrogen) atoms. The van der Waals surface area contributed by atoms with Crippen LogP contribution < -0.4 is 9.64 Å². The lowest BCUT2D eigenvalue weighted by Crippen LogP contribution is -2.37. The molecule has 0 radical (unpaired) electrons. The molecule has 7 nitrogen and oxygen atoms in total. The van der Waals surface area contributed by atoms with E-state index in [0.717, 1.165) is 22.5 Å². The minimum absolute atomic E-state index is 0.140. The highest BCUT2D eigenvalue weighted by atomic mass is 32.1. The second-order valence-corrected chi connectivity index (χ2v) is 8.08. The maximum atomic E-state index is 13.2. The van der Waals surface area contributed by atoms with E-state index in [0.29, 0.717) is 24.0 Å². The molecular weight excluding hydrogens is 374 g/mol. The van der Waals surface area contributed by atoms with Crippen LogP contribution in [0.4, 0.5) is 5.13 Å². The molecule has 0 saturated heterocycles. The zero-order valence-corrected chi connectivity index (χ0v) is 17.9. The predicted molar refractivity (Wildman–Crippen MR) is 114 cm³/mol. The Morgan fingerprint density at radius 2 is 2.04 bits per heavy atom. The lowest BCUT2D eigenvalue weighted by molar-refractivity contribution is 0.0979. The predicted octanol–water partition coefficient (Wildman–Crippen LogP) is 3.68.